The number of carbonyl (C=O) groups excluding carboxylic acids is 1. The molecule has 0 saturated carbocycles. The molecule has 30 heavy (non-hydrogen) atoms. The fourth-order valence-corrected chi connectivity index (χ4v) is 4.70. The van der Waals surface area contributed by atoms with Crippen molar-refractivity contribution in [3.63, 3.8) is 0 Å². The lowest BCUT2D eigenvalue weighted by Crippen LogP contribution is -2.12. The maximum absolute atomic E-state index is 12.3. The lowest BCUT2D eigenvalue weighted by Gasteiger charge is -2.06. The zero-order valence-electron chi connectivity index (χ0n) is 16.7. The number of ether oxygens (including phenoxy) is 1. The van der Waals surface area contributed by atoms with Gasteiger partial charge in [-0.1, -0.05) is 18.2 Å². The van der Waals surface area contributed by atoms with E-state index in [-0.39, 0.29) is 5.91 Å². The van der Waals surface area contributed by atoms with Crippen LogP contribution in [-0.2, 0) is 4.79 Å². The van der Waals surface area contributed by atoms with Crippen LogP contribution >= 0.6 is 23.1 Å². The Morgan fingerprint density at radius 1 is 1.13 bits per heavy atom. The molecule has 2 aromatic heterocycles. The molecule has 0 unspecified atom stereocenters. The number of anilines is 1. The predicted molar refractivity (Wildman–Crippen MR) is 125 cm³/mol. The molecule has 4 aromatic rings. The van der Waals surface area contributed by atoms with E-state index in [1.54, 1.807) is 18.9 Å². The number of hydrogen-bond donors (Lipinski definition) is 1. The summed E-state index contributed by atoms with van der Waals surface area (Å²) in [6, 6.07) is 17.9. The molecule has 0 aliphatic heterocycles. The normalized spacial score (nSPS) is 10.9. The van der Waals surface area contributed by atoms with Gasteiger partial charge in [-0.2, -0.15) is 0 Å². The van der Waals surface area contributed by atoms with E-state index < -0.39 is 0 Å². The molecule has 0 aliphatic carbocycles. The Bertz CT molecular complexity index is 1170. The zero-order chi connectivity index (χ0) is 20.9. The van der Waals surface area contributed by atoms with Crippen LogP contribution in [0.4, 0.5) is 5.13 Å². The highest BCUT2D eigenvalue weighted by Gasteiger charge is 2.09. The molecule has 5 nitrogen and oxygen atoms in total. The molecule has 152 valence electrons. The van der Waals surface area contributed by atoms with Crippen molar-refractivity contribution < 1.29 is 9.53 Å². The van der Waals surface area contributed by atoms with Gasteiger partial charge in [-0.3, -0.25) is 4.79 Å². The first-order valence-electron chi connectivity index (χ1n) is 9.51. The number of aryl methyl sites for hydroxylation is 1. The van der Waals surface area contributed by atoms with Crippen molar-refractivity contribution in [1.82, 2.24) is 9.97 Å². The van der Waals surface area contributed by atoms with Gasteiger partial charge in [0, 0.05) is 28.5 Å². The van der Waals surface area contributed by atoms with Crippen LogP contribution in [-0.4, -0.2) is 28.7 Å². The Morgan fingerprint density at radius 3 is 2.73 bits per heavy atom. The highest BCUT2D eigenvalue weighted by molar-refractivity contribution is 7.99. The van der Waals surface area contributed by atoms with Crippen molar-refractivity contribution in [2.24, 2.45) is 0 Å². The van der Waals surface area contributed by atoms with Gasteiger partial charge in [-0.15, -0.1) is 23.1 Å². The average molecular weight is 436 g/mol. The summed E-state index contributed by atoms with van der Waals surface area (Å²) in [6.45, 7) is 2.09. The highest BCUT2D eigenvalue weighted by Crippen LogP contribution is 2.27. The number of fused-ring (bicyclic) bond motifs is 1. The fraction of sp³-hybridized carbons (Fsp3) is 0.174. The number of methoxy groups -OCH3 is 1. The summed E-state index contributed by atoms with van der Waals surface area (Å²) in [5.74, 6) is 1.42. The Hall–Kier alpha value is -2.90. The molecule has 0 aliphatic rings. The van der Waals surface area contributed by atoms with Gasteiger partial charge in [0.2, 0.25) is 5.91 Å². The van der Waals surface area contributed by atoms with Crippen molar-refractivity contribution in [2.45, 2.75) is 18.4 Å². The Labute approximate surface area is 183 Å². The van der Waals surface area contributed by atoms with Crippen molar-refractivity contribution >= 4 is 45.0 Å². The van der Waals surface area contributed by atoms with E-state index in [0.29, 0.717) is 17.3 Å². The molecular formula is C23H21N3O2S2. The molecule has 0 radical (unpaired) electrons. The van der Waals surface area contributed by atoms with Crippen LogP contribution in [0.1, 0.15) is 12.0 Å². The monoisotopic (exact) mass is 435 g/mol. The first-order valence-corrected chi connectivity index (χ1v) is 11.4. The number of benzene rings is 2. The molecule has 0 atom stereocenters. The van der Waals surface area contributed by atoms with Crippen LogP contribution in [0.5, 0.6) is 5.75 Å². The van der Waals surface area contributed by atoms with E-state index in [0.717, 1.165) is 32.9 Å². The third kappa shape index (κ3) is 4.80. The maximum atomic E-state index is 12.3. The van der Waals surface area contributed by atoms with Crippen LogP contribution in [0, 0.1) is 6.92 Å². The van der Waals surface area contributed by atoms with E-state index in [1.165, 1.54) is 16.9 Å². The third-order valence-electron chi connectivity index (χ3n) is 4.61. The topological polar surface area (TPSA) is 64.1 Å². The van der Waals surface area contributed by atoms with Crippen LogP contribution in [0.15, 0.2) is 65.0 Å². The maximum Gasteiger partial charge on any atom is 0.226 e. The molecule has 0 fully saturated rings. The lowest BCUT2D eigenvalue weighted by molar-refractivity contribution is -0.115. The quantitative estimate of drug-likeness (QED) is 0.372. The summed E-state index contributed by atoms with van der Waals surface area (Å²) < 4.78 is 5.18. The smallest absolute Gasteiger partial charge is 0.226 e. The Balaban J connectivity index is 1.31. The largest absolute Gasteiger partial charge is 0.497 e. The minimum atomic E-state index is -0.0457. The van der Waals surface area contributed by atoms with Gasteiger partial charge >= 0.3 is 0 Å². The summed E-state index contributed by atoms with van der Waals surface area (Å²) in [5, 5.41) is 7.54. The molecule has 7 heteroatoms. The van der Waals surface area contributed by atoms with E-state index in [4.69, 9.17) is 4.74 Å². The first kappa shape index (κ1) is 20.4. The number of carbonyl (C=O) groups is 1. The molecule has 1 N–H and O–H groups in total. The van der Waals surface area contributed by atoms with E-state index in [9.17, 15) is 4.79 Å². The minimum absolute atomic E-state index is 0.0457. The molecule has 2 heterocycles. The minimum Gasteiger partial charge on any atom is -0.497 e. The van der Waals surface area contributed by atoms with Gasteiger partial charge in [0.25, 0.3) is 0 Å². The van der Waals surface area contributed by atoms with Gasteiger partial charge < -0.3 is 10.1 Å². The Kier molecular flexibility index (Phi) is 6.30. The summed E-state index contributed by atoms with van der Waals surface area (Å²) in [6.07, 6.45) is 0.398. The highest BCUT2D eigenvalue weighted by atomic mass is 32.2. The zero-order valence-corrected chi connectivity index (χ0v) is 18.3. The summed E-state index contributed by atoms with van der Waals surface area (Å²) in [5.41, 5.74) is 4.00. The second-order valence-corrected chi connectivity index (χ2v) is 8.68. The van der Waals surface area contributed by atoms with Crippen LogP contribution < -0.4 is 10.1 Å². The standard InChI is InChI=1S/C23H21N3O2S2/c1-15-13-22(24-19-6-4-3-5-18(15)19)29-12-11-21(27)26-23-25-20(14-30-23)16-7-9-17(28-2)10-8-16/h3-10,13-14H,11-12H2,1-2H3,(H,25,26,27). The second kappa shape index (κ2) is 9.28. The van der Waals surface area contributed by atoms with Crippen molar-refractivity contribution in [3.8, 4) is 17.0 Å². The van der Waals surface area contributed by atoms with Gasteiger partial charge in [0.15, 0.2) is 5.13 Å². The first-order chi connectivity index (χ1) is 14.6. The van der Waals surface area contributed by atoms with Crippen molar-refractivity contribution in [3.05, 3.63) is 65.5 Å². The second-order valence-electron chi connectivity index (χ2n) is 6.71. The number of thiazole rings is 1. The number of para-hydroxylation sites is 1. The molecule has 1 amide bonds. The lowest BCUT2D eigenvalue weighted by atomic mass is 10.1. The molecule has 0 saturated heterocycles. The number of nitrogens with zero attached hydrogens (tertiary/aromatic N) is 2. The van der Waals surface area contributed by atoms with Gasteiger partial charge in [0.05, 0.1) is 23.3 Å². The van der Waals surface area contributed by atoms with Crippen molar-refractivity contribution in [1.29, 1.82) is 0 Å². The summed E-state index contributed by atoms with van der Waals surface area (Å²) in [4.78, 5) is 21.5. The average Bonchev–Trinajstić information content (AvgIpc) is 3.22. The Morgan fingerprint density at radius 2 is 1.93 bits per heavy atom. The number of amides is 1. The SMILES string of the molecule is COc1ccc(-c2csc(NC(=O)CCSc3cc(C)c4ccccc4n3)n2)cc1. The number of aromatic nitrogens is 2. The summed E-state index contributed by atoms with van der Waals surface area (Å²) in [7, 11) is 1.64. The number of thioether (sulfide) groups is 1. The van der Waals surface area contributed by atoms with E-state index >= 15 is 0 Å². The van der Waals surface area contributed by atoms with E-state index in [2.05, 4.69) is 34.3 Å². The number of rotatable bonds is 7. The van der Waals surface area contributed by atoms with E-state index in [1.807, 2.05) is 47.8 Å². The summed E-state index contributed by atoms with van der Waals surface area (Å²) >= 11 is 3.02. The predicted octanol–water partition coefficient (Wildman–Crippen LogP) is 5.80. The number of nitrogens with one attached hydrogen (secondary N) is 1. The third-order valence-corrected chi connectivity index (χ3v) is 6.29. The molecule has 4 rings (SSSR count). The number of hydrogen-bond acceptors (Lipinski definition) is 6. The number of pyridine rings is 1. The van der Waals surface area contributed by atoms with Crippen LogP contribution in [0.3, 0.4) is 0 Å². The van der Waals surface area contributed by atoms with Gasteiger partial charge in [0.1, 0.15) is 5.75 Å². The molecule has 0 spiro atoms. The molecule has 0 bridgehead atoms. The molecule has 2 aromatic carbocycles. The van der Waals surface area contributed by atoms with Gasteiger partial charge in [-0.25, -0.2) is 9.97 Å². The fourth-order valence-electron chi connectivity index (χ4n) is 3.05. The van der Waals surface area contributed by atoms with Crippen LogP contribution in [0.2, 0.25) is 0 Å². The van der Waals surface area contributed by atoms with Crippen LogP contribution in [0.25, 0.3) is 22.2 Å². The molecular weight excluding hydrogens is 414 g/mol. The van der Waals surface area contributed by atoms with Gasteiger partial charge in [-0.05, 0) is 48.9 Å². The van der Waals surface area contributed by atoms with Crippen molar-refractivity contribution in [2.75, 3.05) is 18.2 Å².